The summed E-state index contributed by atoms with van der Waals surface area (Å²) in [6.07, 6.45) is 0. The first-order chi connectivity index (χ1) is 4.04. The average molecular weight is 131 g/mol. The molecule has 0 saturated heterocycles. The highest BCUT2D eigenvalue weighted by Crippen LogP contribution is 2.01. The van der Waals surface area contributed by atoms with E-state index in [-0.39, 0.29) is 5.97 Å². The van der Waals surface area contributed by atoms with Crippen LogP contribution >= 0.6 is 0 Å². The van der Waals surface area contributed by atoms with E-state index in [1.807, 2.05) is 0 Å². The molecule has 0 heterocycles. The van der Waals surface area contributed by atoms with Crippen molar-refractivity contribution < 1.29 is 9.53 Å². The van der Waals surface area contributed by atoms with E-state index in [0.717, 1.165) is 0 Å². The van der Waals surface area contributed by atoms with Crippen LogP contribution in [0.1, 0.15) is 13.8 Å². The highest BCUT2D eigenvalue weighted by atomic mass is 16.5. The topological polar surface area (TPSA) is 38.3 Å². The quantitative estimate of drug-likeness (QED) is 0.542. The van der Waals surface area contributed by atoms with E-state index in [9.17, 15) is 4.79 Å². The number of likely N-dealkylation sites (N-methyl/N-ethyl adjacent to an activating group) is 1. The van der Waals surface area contributed by atoms with Crippen LogP contribution in [0.5, 0.6) is 0 Å². The molecule has 0 spiro atoms. The van der Waals surface area contributed by atoms with E-state index in [2.05, 4.69) is 10.1 Å². The van der Waals surface area contributed by atoms with Gasteiger partial charge in [0.15, 0.2) is 0 Å². The van der Waals surface area contributed by atoms with Gasteiger partial charge >= 0.3 is 5.97 Å². The SMILES string of the molecule is CNC(C)(C)C(=O)OC. The van der Waals surface area contributed by atoms with Gasteiger partial charge in [-0.2, -0.15) is 0 Å². The minimum absolute atomic E-state index is 0.245. The Morgan fingerprint density at radius 3 is 2.11 bits per heavy atom. The van der Waals surface area contributed by atoms with E-state index in [1.54, 1.807) is 20.9 Å². The Morgan fingerprint density at radius 1 is 1.56 bits per heavy atom. The molecule has 0 bridgehead atoms. The summed E-state index contributed by atoms with van der Waals surface area (Å²) in [5.74, 6) is -0.245. The minimum Gasteiger partial charge on any atom is -0.468 e. The Kier molecular flexibility index (Phi) is 2.65. The zero-order valence-corrected chi connectivity index (χ0v) is 6.32. The summed E-state index contributed by atoms with van der Waals surface area (Å²) >= 11 is 0. The molecule has 0 aromatic rings. The molecule has 0 aromatic heterocycles. The van der Waals surface area contributed by atoms with Crippen molar-refractivity contribution in [2.24, 2.45) is 0 Å². The molecule has 54 valence electrons. The van der Waals surface area contributed by atoms with Gasteiger partial charge < -0.3 is 10.1 Å². The molecule has 3 nitrogen and oxygen atoms in total. The van der Waals surface area contributed by atoms with E-state index >= 15 is 0 Å². The molecule has 0 unspecified atom stereocenters. The maximum Gasteiger partial charge on any atom is 0.325 e. The number of esters is 1. The van der Waals surface area contributed by atoms with Gasteiger partial charge in [0.1, 0.15) is 5.54 Å². The smallest absolute Gasteiger partial charge is 0.325 e. The number of rotatable bonds is 2. The maximum absolute atomic E-state index is 10.8. The van der Waals surface area contributed by atoms with Crippen LogP contribution in [0.15, 0.2) is 0 Å². The molecular weight excluding hydrogens is 118 g/mol. The Hall–Kier alpha value is -0.570. The first-order valence-electron chi connectivity index (χ1n) is 2.82. The van der Waals surface area contributed by atoms with Crippen molar-refractivity contribution in [2.75, 3.05) is 14.2 Å². The Balaban J connectivity index is 3.97. The fourth-order valence-corrected chi connectivity index (χ4v) is 0.357. The lowest BCUT2D eigenvalue weighted by atomic mass is 10.1. The molecule has 0 fully saturated rings. The fourth-order valence-electron chi connectivity index (χ4n) is 0.357. The molecule has 0 aliphatic heterocycles. The predicted octanol–water partition coefficient (Wildman–Crippen LogP) is 0.157. The van der Waals surface area contributed by atoms with Crippen molar-refractivity contribution in [1.29, 1.82) is 0 Å². The van der Waals surface area contributed by atoms with Gasteiger partial charge in [-0.25, -0.2) is 0 Å². The summed E-state index contributed by atoms with van der Waals surface area (Å²) in [7, 11) is 3.10. The number of ether oxygens (including phenoxy) is 1. The number of hydrogen-bond donors (Lipinski definition) is 1. The highest BCUT2D eigenvalue weighted by Gasteiger charge is 2.25. The second-order valence-electron chi connectivity index (χ2n) is 2.37. The molecule has 0 radical (unpaired) electrons. The summed E-state index contributed by atoms with van der Waals surface area (Å²) in [4.78, 5) is 10.8. The molecule has 9 heavy (non-hydrogen) atoms. The van der Waals surface area contributed by atoms with Gasteiger partial charge in [-0.1, -0.05) is 0 Å². The van der Waals surface area contributed by atoms with E-state index < -0.39 is 5.54 Å². The van der Waals surface area contributed by atoms with Gasteiger partial charge in [0.05, 0.1) is 7.11 Å². The molecular formula is C6H13NO2. The third-order valence-corrected chi connectivity index (χ3v) is 1.32. The standard InChI is InChI=1S/C6H13NO2/c1-6(2,7-3)5(8)9-4/h7H,1-4H3. The molecule has 0 atom stereocenters. The molecule has 0 aliphatic rings. The second kappa shape index (κ2) is 2.82. The number of methoxy groups -OCH3 is 1. The lowest BCUT2D eigenvalue weighted by Gasteiger charge is -2.19. The van der Waals surface area contributed by atoms with Crippen LogP contribution in [0.4, 0.5) is 0 Å². The number of carbonyl (C=O) groups is 1. The van der Waals surface area contributed by atoms with Crippen LogP contribution in [0.3, 0.4) is 0 Å². The lowest BCUT2D eigenvalue weighted by molar-refractivity contribution is -0.146. The van der Waals surface area contributed by atoms with Crippen LogP contribution in [0, 0.1) is 0 Å². The number of hydrogen-bond acceptors (Lipinski definition) is 3. The molecule has 0 rings (SSSR count). The van der Waals surface area contributed by atoms with E-state index in [4.69, 9.17) is 0 Å². The Morgan fingerprint density at radius 2 is 2.00 bits per heavy atom. The number of nitrogens with one attached hydrogen (secondary N) is 1. The van der Waals surface area contributed by atoms with Crippen molar-refractivity contribution >= 4 is 5.97 Å². The highest BCUT2D eigenvalue weighted by molar-refractivity contribution is 5.79. The van der Waals surface area contributed by atoms with Gasteiger partial charge in [0, 0.05) is 0 Å². The molecule has 1 N–H and O–H groups in total. The fraction of sp³-hybridized carbons (Fsp3) is 0.833. The van der Waals surface area contributed by atoms with E-state index in [1.165, 1.54) is 7.11 Å². The molecule has 0 aliphatic carbocycles. The van der Waals surface area contributed by atoms with Crippen LogP contribution in [-0.4, -0.2) is 25.7 Å². The van der Waals surface area contributed by atoms with Crippen molar-refractivity contribution in [1.82, 2.24) is 5.32 Å². The van der Waals surface area contributed by atoms with Gasteiger partial charge in [-0.05, 0) is 20.9 Å². The summed E-state index contributed by atoms with van der Waals surface area (Å²) in [5.41, 5.74) is -0.561. The zero-order chi connectivity index (χ0) is 7.49. The van der Waals surface area contributed by atoms with Gasteiger partial charge in [0.2, 0.25) is 0 Å². The van der Waals surface area contributed by atoms with Crippen LogP contribution in [0.25, 0.3) is 0 Å². The average Bonchev–Trinajstić information content (AvgIpc) is 1.86. The third kappa shape index (κ3) is 2.01. The summed E-state index contributed by atoms with van der Waals surface area (Å²) in [6, 6.07) is 0. The molecule has 3 heteroatoms. The predicted molar refractivity (Wildman–Crippen MR) is 35.2 cm³/mol. The van der Waals surface area contributed by atoms with Crippen molar-refractivity contribution in [2.45, 2.75) is 19.4 Å². The van der Waals surface area contributed by atoms with Crippen LogP contribution < -0.4 is 5.32 Å². The van der Waals surface area contributed by atoms with Gasteiger partial charge in [-0.15, -0.1) is 0 Å². The summed E-state index contributed by atoms with van der Waals surface area (Å²) in [6.45, 7) is 3.53. The normalized spacial score (nSPS) is 11.1. The first kappa shape index (κ1) is 8.43. The van der Waals surface area contributed by atoms with Gasteiger partial charge in [0.25, 0.3) is 0 Å². The van der Waals surface area contributed by atoms with Crippen LogP contribution in [-0.2, 0) is 9.53 Å². The molecule has 0 amide bonds. The lowest BCUT2D eigenvalue weighted by Crippen LogP contribution is -2.45. The van der Waals surface area contributed by atoms with Crippen molar-refractivity contribution in [3.8, 4) is 0 Å². The van der Waals surface area contributed by atoms with Gasteiger partial charge in [-0.3, -0.25) is 4.79 Å². The maximum atomic E-state index is 10.8. The Bertz CT molecular complexity index is 110. The number of carbonyl (C=O) groups excluding carboxylic acids is 1. The zero-order valence-electron chi connectivity index (χ0n) is 6.32. The molecule has 0 saturated carbocycles. The minimum atomic E-state index is -0.561. The largest absolute Gasteiger partial charge is 0.468 e. The summed E-state index contributed by atoms with van der Waals surface area (Å²) in [5, 5.41) is 2.82. The monoisotopic (exact) mass is 131 g/mol. The molecule has 0 aromatic carbocycles. The first-order valence-corrected chi connectivity index (χ1v) is 2.82. The van der Waals surface area contributed by atoms with Crippen LogP contribution in [0.2, 0.25) is 0 Å². The van der Waals surface area contributed by atoms with E-state index in [0.29, 0.717) is 0 Å². The summed E-state index contributed by atoms with van der Waals surface area (Å²) < 4.78 is 4.50. The Labute approximate surface area is 55.4 Å². The van der Waals surface area contributed by atoms with Crippen molar-refractivity contribution in [3.63, 3.8) is 0 Å². The van der Waals surface area contributed by atoms with Crippen molar-refractivity contribution in [3.05, 3.63) is 0 Å². The second-order valence-corrected chi connectivity index (χ2v) is 2.37. The third-order valence-electron chi connectivity index (χ3n) is 1.32.